The number of rotatable bonds is 1. The summed E-state index contributed by atoms with van der Waals surface area (Å²) in [7, 11) is 0. The van der Waals surface area contributed by atoms with Gasteiger partial charge in [-0.2, -0.15) is 0 Å². The zero-order valence-corrected chi connectivity index (χ0v) is 10.5. The van der Waals surface area contributed by atoms with Crippen LogP contribution in [0.3, 0.4) is 0 Å². The Morgan fingerprint density at radius 2 is 2.11 bits per heavy atom. The van der Waals surface area contributed by atoms with E-state index in [1.54, 1.807) is 12.1 Å². The fourth-order valence-electron chi connectivity index (χ4n) is 3.00. The molecule has 1 fully saturated rings. The van der Waals surface area contributed by atoms with Gasteiger partial charge in [0.05, 0.1) is 11.2 Å². The average Bonchev–Trinajstić information content (AvgIpc) is 2.26. The minimum Gasteiger partial charge on any atom is -0.478 e. The SMILES string of the molecule is CC12CCCC(C)(O1)c1ccc(C(=O)O)cc1O2. The Labute approximate surface area is 106 Å². The maximum absolute atomic E-state index is 11.0. The molecular weight excluding hydrogens is 232 g/mol. The van der Waals surface area contributed by atoms with E-state index in [4.69, 9.17) is 14.6 Å². The molecular formula is C14H16O4. The molecule has 2 aliphatic heterocycles. The van der Waals surface area contributed by atoms with Crippen LogP contribution in [-0.2, 0) is 10.3 Å². The van der Waals surface area contributed by atoms with Crippen molar-refractivity contribution in [2.45, 2.75) is 44.5 Å². The van der Waals surface area contributed by atoms with Crippen molar-refractivity contribution in [3.8, 4) is 5.75 Å². The lowest BCUT2D eigenvalue weighted by molar-refractivity contribution is -0.283. The minimum absolute atomic E-state index is 0.251. The van der Waals surface area contributed by atoms with E-state index < -0.39 is 11.8 Å². The summed E-state index contributed by atoms with van der Waals surface area (Å²) in [5, 5.41) is 9.03. The first-order valence-electron chi connectivity index (χ1n) is 6.19. The fourth-order valence-corrected chi connectivity index (χ4v) is 3.00. The highest BCUT2D eigenvalue weighted by atomic mass is 16.7. The largest absolute Gasteiger partial charge is 0.478 e. The zero-order chi connectivity index (χ0) is 13.0. The van der Waals surface area contributed by atoms with Crippen LogP contribution in [0.15, 0.2) is 18.2 Å². The van der Waals surface area contributed by atoms with E-state index in [0.717, 1.165) is 24.8 Å². The summed E-state index contributed by atoms with van der Waals surface area (Å²) in [5.41, 5.74) is 0.836. The van der Waals surface area contributed by atoms with Crippen LogP contribution < -0.4 is 4.74 Å². The molecule has 1 aromatic carbocycles. The number of carbonyl (C=O) groups is 1. The first-order valence-corrected chi connectivity index (χ1v) is 6.19. The molecule has 18 heavy (non-hydrogen) atoms. The van der Waals surface area contributed by atoms with Crippen LogP contribution in [-0.4, -0.2) is 16.9 Å². The average molecular weight is 248 g/mol. The van der Waals surface area contributed by atoms with E-state index in [9.17, 15) is 4.79 Å². The molecule has 4 nitrogen and oxygen atoms in total. The molecule has 0 spiro atoms. The van der Waals surface area contributed by atoms with E-state index in [1.807, 2.05) is 19.9 Å². The van der Waals surface area contributed by atoms with Crippen LogP contribution in [0, 0.1) is 0 Å². The lowest BCUT2D eigenvalue weighted by Crippen LogP contribution is -2.51. The van der Waals surface area contributed by atoms with Gasteiger partial charge in [0.15, 0.2) is 0 Å². The number of benzene rings is 1. The normalized spacial score (nSPS) is 33.4. The third-order valence-electron chi connectivity index (χ3n) is 3.85. The minimum atomic E-state index is -0.937. The van der Waals surface area contributed by atoms with Gasteiger partial charge in [0.25, 0.3) is 0 Å². The van der Waals surface area contributed by atoms with Gasteiger partial charge in [-0.1, -0.05) is 6.07 Å². The summed E-state index contributed by atoms with van der Waals surface area (Å²) < 4.78 is 11.9. The highest BCUT2D eigenvalue weighted by Gasteiger charge is 2.48. The molecule has 96 valence electrons. The van der Waals surface area contributed by atoms with E-state index in [2.05, 4.69) is 0 Å². The first-order chi connectivity index (χ1) is 8.42. The standard InChI is InChI=1S/C14H16O4/c1-13-6-3-7-14(2,18-13)17-11-8-9(12(15)16)4-5-10(11)13/h4-5,8H,3,6-7H2,1-2H3,(H,15,16). The van der Waals surface area contributed by atoms with Gasteiger partial charge in [-0.05, 0) is 31.9 Å². The Kier molecular flexibility index (Phi) is 2.23. The van der Waals surface area contributed by atoms with Crippen molar-refractivity contribution >= 4 is 5.97 Å². The third-order valence-corrected chi connectivity index (χ3v) is 3.85. The van der Waals surface area contributed by atoms with Crippen molar-refractivity contribution in [3.63, 3.8) is 0 Å². The molecule has 2 unspecified atom stereocenters. The van der Waals surface area contributed by atoms with Gasteiger partial charge in [-0.15, -0.1) is 0 Å². The smallest absolute Gasteiger partial charge is 0.335 e. The molecule has 2 bridgehead atoms. The van der Waals surface area contributed by atoms with Gasteiger partial charge < -0.3 is 14.6 Å². The van der Waals surface area contributed by atoms with Crippen LogP contribution in [0.1, 0.15) is 49.0 Å². The molecule has 0 saturated carbocycles. The van der Waals surface area contributed by atoms with Crippen LogP contribution in [0.4, 0.5) is 0 Å². The number of hydrogen-bond donors (Lipinski definition) is 1. The number of ether oxygens (including phenoxy) is 2. The van der Waals surface area contributed by atoms with Crippen LogP contribution in [0.5, 0.6) is 5.75 Å². The lowest BCUT2D eigenvalue weighted by atomic mass is 9.83. The van der Waals surface area contributed by atoms with Gasteiger partial charge in [0, 0.05) is 18.9 Å². The fraction of sp³-hybridized carbons (Fsp3) is 0.500. The molecule has 0 radical (unpaired) electrons. The van der Waals surface area contributed by atoms with Gasteiger partial charge in [0.2, 0.25) is 5.79 Å². The Bertz CT molecular complexity index is 525. The van der Waals surface area contributed by atoms with Crippen molar-refractivity contribution in [1.29, 1.82) is 0 Å². The number of aromatic carboxylic acids is 1. The topological polar surface area (TPSA) is 55.8 Å². The summed E-state index contributed by atoms with van der Waals surface area (Å²) >= 11 is 0. The quantitative estimate of drug-likeness (QED) is 0.830. The molecule has 2 heterocycles. The van der Waals surface area contributed by atoms with Crippen molar-refractivity contribution in [2.24, 2.45) is 0 Å². The second-order valence-corrected chi connectivity index (χ2v) is 5.44. The van der Waals surface area contributed by atoms with Gasteiger partial charge in [0.1, 0.15) is 5.75 Å². The van der Waals surface area contributed by atoms with Crippen LogP contribution in [0.2, 0.25) is 0 Å². The number of carboxylic acid groups (broad SMARTS) is 1. The van der Waals surface area contributed by atoms with Crippen molar-refractivity contribution in [3.05, 3.63) is 29.3 Å². The maximum Gasteiger partial charge on any atom is 0.335 e. The molecule has 2 atom stereocenters. The Hall–Kier alpha value is -1.55. The highest BCUT2D eigenvalue weighted by Crippen LogP contribution is 2.50. The Morgan fingerprint density at radius 3 is 2.83 bits per heavy atom. The monoisotopic (exact) mass is 248 g/mol. The van der Waals surface area contributed by atoms with Crippen LogP contribution in [0.25, 0.3) is 0 Å². The van der Waals surface area contributed by atoms with E-state index in [-0.39, 0.29) is 11.2 Å². The lowest BCUT2D eigenvalue weighted by Gasteiger charge is -2.49. The summed E-state index contributed by atoms with van der Waals surface area (Å²) in [6.45, 7) is 3.97. The molecule has 0 amide bonds. The number of hydrogen-bond acceptors (Lipinski definition) is 3. The third kappa shape index (κ3) is 1.60. The van der Waals surface area contributed by atoms with Crippen molar-refractivity contribution in [2.75, 3.05) is 0 Å². The molecule has 1 saturated heterocycles. The van der Waals surface area contributed by atoms with E-state index in [0.29, 0.717) is 5.75 Å². The second-order valence-electron chi connectivity index (χ2n) is 5.44. The van der Waals surface area contributed by atoms with Crippen molar-refractivity contribution in [1.82, 2.24) is 0 Å². The molecule has 4 heteroatoms. The second kappa shape index (κ2) is 3.48. The first kappa shape index (κ1) is 11.5. The Balaban J connectivity index is 2.13. The predicted octanol–water partition coefficient (Wildman–Crippen LogP) is 2.91. The van der Waals surface area contributed by atoms with Gasteiger partial charge >= 0.3 is 5.97 Å². The molecule has 3 rings (SSSR count). The molecule has 1 N–H and O–H groups in total. The Morgan fingerprint density at radius 1 is 1.33 bits per heavy atom. The maximum atomic E-state index is 11.0. The summed E-state index contributed by atoms with van der Waals surface area (Å²) in [4.78, 5) is 11.0. The zero-order valence-electron chi connectivity index (χ0n) is 10.5. The molecule has 0 aliphatic carbocycles. The van der Waals surface area contributed by atoms with E-state index in [1.165, 1.54) is 0 Å². The molecule has 2 aliphatic rings. The van der Waals surface area contributed by atoms with Crippen molar-refractivity contribution < 1.29 is 19.4 Å². The summed E-state index contributed by atoms with van der Waals surface area (Å²) in [6.07, 6.45) is 2.82. The molecule has 1 aromatic rings. The highest BCUT2D eigenvalue weighted by molar-refractivity contribution is 5.88. The molecule has 0 aromatic heterocycles. The van der Waals surface area contributed by atoms with E-state index >= 15 is 0 Å². The summed E-state index contributed by atoms with van der Waals surface area (Å²) in [6, 6.07) is 5.02. The number of carboxylic acids is 1. The van der Waals surface area contributed by atoms with Gasteiger partial charge in [-0.3, -0.25) is 0 Å². The van der Waals surface area contributed by atoms with Crippen LogP contribution >= 0.6 is 0 Å². The predicted molar refractivity (Wildman–Crippen MR) is 64.7 cm³/mol. The number of fused-ring (bicyclic) bond motifs is 4. The summed E-state index contributed by atoms with van der Waals surface area (Å²) in [5.74, 6) is -0.920. The van der Waals surface area contributed by atoms with Gasteiger partial charge in [-0.25, -0.2) is 4.79 Å².